The predicted octanol–water partition coefficient (Wildman–Crippen LogP) is 2.57. The molecule has 4 heteroatoms. The van der Waals surface area contributed by atoms with E-state index in [0.717, 1.165) is 24.3 Å². The maximum absolute atomic E-state index is 5.76. The molecule has 0 atom stereocenters. The highest BCUT2D eigenvalue weighted by molar-refractivity contribution is 7.09. The van der Waals surface area contributed by atoms with Crippen LogP contribution in [-0.4, -0.2) is 18.1 Å². The largest absolute Gasteiger partial charge is 0.493 e. The zero-order chi connectivity index (χ0) is 12.8. The maximum Gasteiger partial charge on any atom is 0.119 e. The number of thiazole rings is 1. The van der Waals surface area contributed by atoms with Gasteiger partial charge < -0.3 is 10.5 Å². The standard InChI is InChI=1S/C14H18N2OS/c1-11-14(18-10-16-11)6-8-17-13-4-2-3-12(9-13)5-7-15/h2-4,9-10H,5-8,15H2,1H3. The Labute approximate surface area is 112 Å². The topological polar surface area (TPSA) is 48.1 Å². The smallest absolute Gasteiger partial charge is 0.119 e. The van der Waals surface area contributed by atoms with Gasteiger partial charge >= 0.3 is 0 Å². The summed E-state index contributed by atoms with van der Waals surface area (Å²) in [7, 11) is 0. The van der Waals surface area contributed by atoms with Crippen molar-refractivity contribution in [2.75, 3.05) is 13.2 Å². The first-order valence-electron chi connectivity index (χ1n) is 6.10. The summed E-state index contributed by atoms with van der Waals surface area (Å²) in [5.74, 6) is 0.920. The van der Waals surface area contributed by atoms with Crippen LogP contribution in [0.25, 0.3) is 0 Å². The third-order valence-corrected chi connectivity index (χ3v) is 3.77. The summed E-state index contributed by atoms with van der Waals surface area (Å²) in [6.07, 6.45) is 1.81. The van der Waals surface area contributed by atoms with Crippen LogP contribution in [0.5, 0.6) is 5.75 Å². The van der Waals surface area contributed by atoms with Gasteiger partial charge in [-0.05, 0) is 37.6 Å². The molecule has 0 aliphatic heterocycles. The highest BCUT2D eigenvalue weighted by Crippen LogP contribution is 2.16. The minimum atomic E-state index is 0.670. The van der Waals surface area contributed by atoms with Crippen LogP contribution in [0.1, 0.15) is 16.1 Å². The van der Waals surface area contributed by atoms with Gasteiger partial charge in [-0.3, -0.25) is 0 Å². The van der Waals surface area contributed by atoms with Crippen LogP contribution in [0.2, 0.25) is 0 Å². The van der Waals surface area contributed by atoms with Gasteiger partial charge in [-0.2, -0.15) is 0 Å². The van der Waals surface area contributed by atoms with Crippen molar-refractivity contribution in [1.29, 1.82) is 0 Å². The first-order valence-corrected chi connectivity index (χ1v) is 6.98. The van der Waals surface area contributed by atoms with E-state index >= 15 is 0 Å². The summed E-state index contributed by atoms with van der Waals surface area (Å²) in [6, 6.07) is 8.14. The molecule has 0 bridgehead atoms. The van der Waals surface area contributed by atoms with Crippen LogP contribution in [-0.2, 0) is 12.8 Å². The van der Waals surface area contributed by atoms with Crippen LogP contribution in [0.3, 0.4) is 0 Å². The molecule has 0 spiro atoms. The predicted molar refractivity (Wildman–Crippen MR) is 75.3 cm³/mol. The van der Waals surface area contributed by atoms with Gasteiger partial charge in [0.15, 0.2) is 0 Å². The van der Waals surface area contributed by atoms with Gasteiger partial charge in [-0.25, -0.2) is 4.98 Å². The Kier molecular flexibility index (Phi) is 4.73. The van der Waals surface area contributed by atoms with Crippen LogP contribution >= 0.6 is 11.3 Å². The zero-order valence-corrected chi connectivity index (χ0v) is 11.4. The number of rotatable bonds is 6. The lowest BCUT2D eigenvalue weighted by molar-refractivity contribution is 0.322. The fourth-order valence-corrected chi connectivity index (χ4v) is 2.55. The molecule has 0 saturated heterocycles. The van der Waals surface area contributed by atoms with Gasteiger partial charge in [0.2, 0.25) is 0 Å². The number of aryl methyl sites for hydroxylation is 1. The third kappa shape index (κ3) is 3.55. The first-order chi connectivity index (χ1) is 8.79. The molecular weight excluding hydrogens is 244 g/mol. The second kappa shape index (κ2) is 6.52. The summed E-state index contributed by atoms with van der Waals surface area (Å²) < 4.78 is 5.76. The molecule has 0 aliphatic carbocycles. The van der Waals surface area contributed by atoms with Crippen molar-refractivity contribution < 1.29 is 4.74 Å². The Morgan fingerprint density at radius 3 is 2.94 bits per heavy atom. The zero-order valence-electron chi connectivity index (χ0n) is 10.6. The highest BCUT2D eigenvalue weighted by Gasteiger charge is 2.02. The Morgan fingerprint density at radius 1 is 1.33 bits per heavy atom. The third-order valence-electron chi connectivity index (χ3n) is 2.77. The summed E-state index contributed by atoms with van der Waals surface area (Å²) >= 11 is 1.69. The second-order valence-electron chi connectivity index (χ2n) is 4.15. The van der Waals surface area contributed by atoms with Crippen LogP contribution in [0.4, 0.5) is 0 Å². The number of ether oxygens (including phenoxy) is 1. The summed E-state index contributed by atoms with van der Waals surface area (Å²) in [6.45, 7) is 3.40. The van der Waals surface area contributed by atoms with E-state index in [1.54, 1.807) is 11.3 Å². The number of aromatic nitrogens is 1. The summed E-state index contributed by atoms with van der Waals surface area (Å²) in [5.41, 5.74) is 9.76. The second-order valence-corrected chi connectivity index (χ2v) is 5.08. The molecule has 1 heterocycles. The Balaban J connectivity index is 1.86. The van der Waals surface area contributed by atoms with Gasteiger partial charge in [-0.15, -0.1) is 11.3 Å². The van der Waals surface area contributed by atoms with Gasteiger partial charge in [0.1, 0.15) is 5.75 Å². The van der Waals surface area contributed by atoms with Crippen molar-refractivity contribution in [3.8, 4) is 5.75 Å². The fourth-order valence-electron chi connectivity index (χ4n) is 1.79. The minimum Gasteiger partial charge on any atom is -0.493 e. The van der Waals surface area contributed by atoms with Crippen molar-refractivity contribution in [2.24, 2.45) is 5.73 Å². The molecule has 2 N–H and O–H groups in total. The first kappa shape index (κ1) is 13.1. The average molecular weight is 262 g/mol. The van der Waals surface area contributed by atoms with Gasteiger partial charge in [0.25, 0.3) is 0 Å². The Bertz CT molecular complexity index is 496. The quantitative estimate of drug-likeness (QED) is 0.870. The molecule has 0 aliphatic rings. The van der Waals surface area contributed by atoms with Crippen molar-refractivity contribution in [3.63, 3.8) is 0 Å². The van der Waals surface area contributed by atoms with E-state index in [9.17, 15) is 0 Å². The van der Waals surface area contributed by atoms with Gasteiger partial charge in [-0.1, -0.05) is 12.1 Å². The van der Waals surface area contributed by atoms with E-state index in [1.807, 2.05) is 24.6 Å². The van der Waals surface area contributed by atoms with E-state index in [-0.39, 0.29) is 0 Å². The minimum absolute atomic E-state index is 0.670. The van der Waals surface area contributed by atoms with Crippen molar-refractivity contribution in [1.82, 2.24) is 4.98 Å². The molecule has 0 saturated carbocycles. The number of nitrogens with two attached hydrogens (primary N) is 1. The van der Waals surface area contributed by atoms with E-state index in [4.69, 9.17) is 10.5 Å². The molecule has 0 unspecified atom stereocenters. The summed E-state index contributed by atoms with van der Waals surface area (Å²) in [4.78, 5) is 5.53. The number of nitrogens with zero attached hydrogens (tertiary/aromatic N) is 1. The molecule has 2 aromatic rings. The highest BCUT2D eigenvalue weighted by atomic mass is 32.1. The number of hydrogen-bond donors (Lipinski definition) is 1. The van der Waals surface area contributed by atoms with E-state index in [0.29, 0.717) is 13.2 Å². The molecule has 96 valence electrons. The van der Waals surface area contributed by atoms with E-state index < -0.39 is 0 Å². The van der Waals surface area contributed by atoms with E-state index in [2.05, 4.69) is 17.1 Å². The Morgan fingerprint density at radius 2 is 2.22 bits per heavy atom. The molecule has 0 amide bonds. The SMILES string of the molecule is Cc1ncsc1CCOc1cccc(CCN)c1. The lowest BCUT2D eigenvalue weighted by Gasteiger charge is -2.07. The maximum atomic E-state index is 5.76. The lowest BCUT2D eigenvalue weighted by Crippen LogP contribution is -2.04. The lowest BCUT2D eigenvalue weighted by atomic mass is 10.1. The molecule has 2 rings (SSSR count). The Hall–Kier alpha value is -1.39. The van der Waals surface area contributed by atoms with Gasteiger partial charge in [0, 0.05) is 11.3 Å². The number of hydrogen-bond acceptors (Lipinski definition) is 4. The fraction of sp³-hybridized carbons (Fsp3) is 0.357. The molecule has 1 aromatic heterocycles. The van der Waals surface area contributed by atoms with Crippen molar-refractivity contribution >= 4 is 11.3 Å². The molecular formula is C14H18N2OS. The monoisotopic (exact) mass is 262 g/mol. The van der Waals surface area contributed by atoms with Crippen molar-refractivity contribution in [3.05, 3.63) is 45.9 Å². The van der Waals surface area contributed by atoms with Crippen LogP contribution in [0.15, 0.2) is 29.8 Å². The molecule has 3 nitrogen and oxygen atoms in total. The number of benzene rings is 1. The molecule has 0 radical (unpaired) electrons. The normalized spacial score (nSPS) is 10.6. The van der Waals surface area contributed by atoms with Gasteiger partial charge in [0.05, 0.1) is 17.8 Å². The summed E-state index contributed by atoms with van der Waals surface area (Å²) in [5, 5.41) is 0. The van der Waals surface area contributed by atoms with Crippen LogP contribution in [0, 0.1) is 6.92 Å². The van der Waals surface area contributed by atoms with E-state index in [1.165, 1.54) is 10.4 Å². The molecule has 18 heavy (non-hydrogen) atoms. The molecule has 0 fully saturated rings. The van der Waals surface area contributed by atoms with Crippen LogP contribution < -0.4 is 10.5 Å². The average Bonchev–Trinajstić information content (AvgIpc) is 2.76. The van der Waals surface area contributed by atoms with Crippen molar-refractivity contribution in [2.45, 2.75) is 19.8 Å². The molecule has 1 aromatic carbocycles.